The van der Waals surface area contributed by atoms with Crippen LogP contribution in [0.5, 0.6) is 0 Å². The molecule has 0 fully saturated rings. The average Bonchev–Trinajstić information content (AvgIpc) is 2.17. The van der Waals surface area contributed by atoms with Crippen LogP contribution in [0, 0.1) is 0 Å². The molecule has 1 rings (SSSR count). The van der Waals surface area contributed by atoms with Crippen molar-refractivity contribution in [3.63, 3.8) is 0 Å². The molecular weight excluding hydrogens is 209 g/mol. The molecule has 6 heteroatoms. The maximum atomic E-state index is 12.3. The molecule has 0 radical (unpaired) electrons. The lowest BCUT2D eigenvalue weighted by atomic mass is 10.2. The average molecular weight is 220 g/mol. The van der Waals surface area contributed by atoms with Gasteiger partial charge in [-0.1, -0.05) is 0 Å². The lowest BCUT2D eigenvalue weighted by Gasteiger charge is -2.09. The van der Waals surface area contributed by atoms with Crippen molar-refractivity contribution in [2.75, 3.05) is 25.6 Å². The Labute approximate surface area is 85.3 Å². The summed E-state index contributed by atoms with van der Waals surface area (Å²) < 4.78 is 41.6. The highest BCUT2D eigenvalue weighted by atomic mass is 19.4. The lowest BCUT2D eigenvalue weighted by molar-refractivity contribution is -0.137. The molecule has 1 aromatic heterocycles. The van der Waals surface area contributed by atoms with E-state index >= 15 is 0 Å². The molecule has 0 amide bonds. The summed E-state index contributed by atoms with van der Waals surface area (Å²) >= 11 is 0. The zero-order valence-electron chi connectivity index (χ0n) is 8.14. The number of alkyl halides is 3. The van der Waals surface area contributed by atoms with Crippen molar-refractivity contribution in [2.45, 2.75) is 6.18 Å². The SMILES string of the molecule is COCCNc1cc(C(F)(F)F)ccn1. The van der Waals surface area contributed by atoms with E-state index in [4.69, 9.17) is 4.74 Å². The zero-order valence-corrected chi connectivity index (χ0v) is 8.14. The van der Waals surface area contributed by atoms with Crippen LogP contribution in [0.3, 0.4) is 0 Å². The largest absolute Gasteiger partial charge is 0.416 e. The van der Waals surface area contributed by atoms with Gasteiger partial charge >= 0.3 is 6.18 Å². The van der Waals surface area contributed by atoms with Gasteiger partial charge in [-0.15, -0.1) is 0 Å². The van der Waals surface area contributed by atoms with Crippen molar-refractivity contribution in [1.29, 1.82) is 0 Å². The van der Waals surface area contributed by atoms with Crippen molar-refractivity contribution >= 4 is 5.82 Å². The maximum Gasteiger partial charge on any atom is 0.416 e. The van der Waals surface area contributed by atoms with Gasteiger partial charge in [-0.3, -0.25) is 0 Å². The van der Waals surface area contributed by atoms with E-state index in [-0.39, 0.29) is 5.82 Å². The first-order chi connectivity index (χ1) is 7.04. The number of pyridine rings is 1. The standard InChI is InChI=1S/C9H11F3N2O/c1-15-5-4-14-8-6-7(2-3-13-8)9(10,11)12/h2-3,6H,4-5H2,1H3,(H,13,14). The normalized spacial score (nSPS) is 11.5. The van der Waals surface area contributed by atoms with Crippen LogP contribution in [0.25, 0.3) is 0 Å². The monoisotopic (exact) mass is 220 g/mol. The molecule has 0 spiro atoms. The Bertz CT molecular complexity index is 314. The van der Waals surface area contributed by atoms with Crippen molar-refractivity contribution < 1.29 is 17.9 Å². The molecule has 0 unspecified atom stereocenters. The van der Waals surface area contributed by atoms with Gasteiger partial charge in [0.25, 0.3) is 0 Å². The second-order valence-electron chi connectivity index (χ2n) is 2.85. The van der Waals surface area contributed by atoms with E-state index in [9.17, 15) is 13.2 Å². The molecule has 15 heavy (non-hydrogen) atoms. The fourth-order valence-electron chi connectivity index (χ4n) is 0.985. The number of hydrogen-bond acceptors (Lipinski definition) is 3. The quantitative estimate of drug-likeness (QED) is 0.789. The Kier molecular flexibility index (Phi) is 3.90. The predicted octanol–water partition coefficient (Wildman–Crippen LogP) is 2.16. The summed E-state index contributed by atoms with van der Waals surface area (Å²) in [5, 5.41) is 2.72. The van der Waals surface area contributed by atoms with Gasteiger partial charge in [0.15, 0.2) is 0 Å². The number of nitrogens with one attached hydrogen (secondary N) is 1. The molecule has 1 N–H and O–H groups in total. The maximum absolute atomic E-state index is 12.3. The first-order valence-electron chi connectivity index (χ1n) is 4.30. The summed E-state index contributed by atoms with van der Waals surface area (Å²) in [6, 6.07) is 1.90. The minimum Gasteiger partial charge on any atom is -0.383 e. The molecular formula is C9H11F3N2O. The summed E-state index contributed by atoms with van der Waals surface area (Å²) in [6.45, 7) is 0.836. The van der Waals surface area contributed by atoms with Gasteiger partial charge in [0.2, 0.25) is 0 Å². The fourth-order valence-corrected chi connectivity index (χ4v) is 0.985. The molecule has 0 aliphatic rings. The molecule has 84 valence electrons. The molecule has 3 nitrogen and oxygen atoms in total. The van der Waals surface area contributed by atoms with E-state index in [1.165, 1.54) is 7.11 Å². The van der Waals surface area contributed by atoms with Gasteiger partial charge in [-0.2, -0.15) is 13.2 Å². The van der Waals surface area contributed by atoms with Crippen LogP contribution in [0.1, 0.15) is 5.56 Å². The smallest absolute Gasteiger partial charge is 0.383 e. The predicted molar refractivity (Wildman–Crippen MR) is 49.6 cm³/mol. The lowest BCUT2D eigenvalue weighted by Crippen LogP contribution is -2.11. The first-order valence-corrected chi connectivity index (χ1v) is 4.30. The number of methoxy groups -OCH3 is 1. The first kappa shape index (κ1) is 11.8. The van der Waals surface area contributed by atoms with Crippen LogP contribution in [0.4, 0.5) is 19.0 Å². The number of halogens is 3. The summed E-state index contributed by atoms with van der Waals surface area (Å²) in [5.41, 5.74) is -0.711. The van der Waals surface area contributed by atoms with E-state index < -0.39 is 11.7 Å². The minimum atomic E-state index is -4.33. The Morgan fingerprint density at radius 3 is 2.80 bits per heavy atom. The topological polar surface area (TPSA) is 34.1 Å². The van der Waals surface area contributed by atoms with Gasteiger partial charge < -0.3 is 10.1 Å². The second-order valence-corrected chi connectivity index (χ2v) is 2.85. The highest BCUT2D eigenvalue weighted by Gasteiger charge is 2.30. The molecule has 1 heterocycles. The Balaban J connectivity index is 2.66. The number of anilines is 1. The Morgan fingerprint density at radius 1 is 1.47 bits per heavy atom. The van der Waals surface area contributed by atoms with Crippen molar-refractivity contribution in [3.05, 3.63) is 23.9 Å². The highest BCUT2D eigenvalue weighted by Crippen LogP contribution is 2.29. The number of nitrogens with zero attached hydrogens (tertiary/aromatic N) is 1. The Hall–Kier alpha value is -1.30. The molecule has 0 aromatic carbocycles. The molecule has 0 saturated heterocycles. The van der Waals surface area contributed by atoms with Gasteiger partial charge in [-0.05, 0) is 12.1 Å². The highest BCUT2D eigenvalue weighted by molar-refractivity contribution is 5.38. The summed E-state index contributed by atoms with van der Waals surface area (Å²) in [6.07, 6.45) is -3.21. The van der Waals surface area contributed by atoms with Crippen LogP contribution in [-0.4, -0.2) is 25.2 Å². The Morgan fingerprint density at radius 2 is 2.20 bits per heavy atom. The van der Waals surface area contributed by atoms with Crippen LogP contribution in [-0.2, 0) is 10.9 Å². The van der Waals surface area contributed by atoms with Gasteiger partial charge in [0, 0.05) is 19.9 Å². The van der Waals surface area contributed by atoms with Crippen LogP contribution < -0.4 is 5.32 Å². The van der Waals surface area contributed by atoms with E-state index in [0.29, 0.717) is 13.2 Å². The number of hydrogen-bond donors (Lipinski definition) is 1. The molecule has 0 saturated carbocycles. The van der Waals surface area contributed by atoms with Gasteiger partial charge in [0.1, 0.15) is 5.82 Å². The van der Waals surface area contributed by atoms with Gasteiger partial charge in [0.05, 0.1) is 12.2 Å². The van der Waals surface area contributed by atoms with Crippen LogP contribution in [0.15, 0.2) is 18.3 Å². The summed E-state index contributed by atoms with van der Waals surface area (Å²) in [4.78, 5) is 3.76. The summed E-state index contributed by atoms with van der Waals surface area (Å²) in [7, 11) is 1.52. The number of rotatable bonds is 4. The van der Waals surface area contributed by atoms with Crippen LogP contribution >= 0.6 is 0 Å². The second kappa shape index (κ2) is 4.97. The number of ether oxygens (including phenoxy) is 1. The summed E-state index contributed by atoms with van der Waals surface area (Å²) in [5.74, 6) is 0.196. The molecule has 1 aromatic rings. The van der Waals surface area contributed by atoms with E-state index in [0.717, 1.165) is 18.3 Å². The number of aromatic nitrogens is 1. The third kappa shape index (κ3) is 3.75. The van der Waals surface area contributed by atoms with Crippen molar-refractivity contribution in [3.8, 4) is 0 Å². The van der Waals surface area contributed by atoms with Crippen molar-refractivity contribution in [2.24, 2.45) is 0 Å². The van der Waals surface area contributed by atoms with Gasteiger partial charge in [-0.25, -0.2) is 4.98 Å². The zero-order chi connectivity index (χ0) is 11.3. The minimum absolute atomic E-state index is 0.196. The molecule has 0 bridgehead atoms. The molecule has 0 atom stereocenters. The van der Waals surface area contributed by atoms with E-state index in [2.05, 4.69) is 10.3 Å². The molecule has 0 aliphatic heterocycles. The van der Waals surface area contributed by atoms with Crippen molar-refractivity contribution in [1.82, 2.24) is 4.98 Å². The van der Waals surface area contributed by atoms with E-state index in [1.807, 2.05) is 0 Å². The third-order valence-corrected chi connectivity index (χ3v) is 1.70. The van der Waals surface area contributed by atoms with E-state index in [1.54, 1.807) is 0 Å². The molecule has 0 aliphatic carbocycles. The third-order valence-electron chi connectivity index (χ3n) is 1.70. The fraction of sp³-hybridized carbons (Fsp3) is 0.444. The van der Waals surface area contributed by atoms with Crippen LogP contribution in [0.2, 0.25) is 0 Å².